The Balaban J connectivity index is 2.14. The van der Waals surface area contributed by atoms with Gasteiger partial charge in [0.1, 0.15) is 0 Å². The number of hydrogen-bond acceptors (Lipinski definition) is 2. The molecular weight excluding hydrogens is 268 g/mol. The average Bonchev–Trinajstić information content (AvgIpc) is 2.38. The summed E-state index contributed by atoms with van der Waals surface area (Å²) < 4.78 is 0. The van der Waals surface area contributed by atoms with E-state index in [1.165, 1.54) is 36.9 Å². The van der Waals surface area contributed by atoms with Gasteiger partial charge in [0, 0.05) is 30.3 Å². The molecule has 0 bridgehead atoms. The van der Waals surface area contributed by atoms with Gasteiger partial charge < -0.3 is 10.2 Å². The van der Waals surface area contributed by atoms with Crippen molar-refractivity contribution >= 4 is 17.3 Å². The van der Waals surface area contributed by atoms with E-state index < -0.39 is 0 Å². The monoisotopic (exact) mass is 294 g/mol. The van der Waals surface area contributed by atoms with E-state index in [-0.39, 0.29) is 0 Å². The third-order valence-corrected chi connectivity index (χ3v) is 4.88. The number of halogens is 1. The van der Waals surface area contributed by atoms with E-state index in [1.807, 2.05) is 13.1 Å². The van der Waals surface area contributed by atoms with Crippen LogP contribution in [0, 0.1) is 5.41 Å². The quantitative estimate of drug-likeness (QED) is 0.882. The zero-order valence-electron chi connectivity index (χ0n) is 13.2. The van der Waals surface area contributed by atoms with Gasteiger partial charge in [-0.3, -0.25) is 0 Å². The second-order valence-electron chi connectivity index (χ2n) is 6.81. The summed E-state index contributed by atoms with van der Waals surface area (Å²) in [5, 5.41) is 4.05. The number of benzene rings is 1. The Bertz CT molecular complexity index is 446. The van der Waals surface area contributed by atoms with E-state index in [0.717, 1.165) is 11.6 Å². The van der Waals surface area contributed by atoms with Gasteiger partial charge in [0.15, 0.2) is 0 Å². The van der Waals surface area contributed by atoms with Crippen molar-refractivity contribution in [3.63, 3.8) is 0 Å². The van der Waals surface area contributed by atoms with E-state index >= 15 is 0 Å². The maximum atomic E-state index is 6.13. The van der Waals surface area contributed by atoms with Crippen LogP contribution < -0.4 is 10.2 Å². The minimum atomic E-state index is 0.519. The first-order chi connectivity index (χ1) is 9.43. The van der Waals surface area contributed by atoms with E-state index in [0.29, 0.717) is 11.5 Å². The van der Waals surface area contributed by atoms with E-state index in [9.17, 15) is 0 Å². The van der Waals surface area contributed by atoms with Crippen LogP contribution in [0.25, 0.3) is 0 Å². The fourth-order valence-electron chi connectivity index (χ4n) is 3.20. The molecule has 2 rings (SSSR count). The Kier molecular flexibility index (Phi) is 4.98. The average molecular weight is 295 g/mol. The van der Waals surface area contributed by atoms with Crippen LogP contribution in [0.2, 0.25) is 5.02 Å². The highest BCUT2D eigenvalue weighted by Gasteiger charge is 2.29. The Morgan fingerprint density at radius 1 is 1.30 bits per heavy atom. The van der Waals surface area contributed by atoms with Crippen LogP contribution in [0.4, 0.5) is 5.69 Å². The van der Waals surface area contributed by atoms with Crippen molar-refractivity contribution in [1.82, 2.24) is 5.32 Å². The van der Waals surface area contributed by atoms with Gasteiger partial charge >= 0.3 is 0 Å². The van der Waals surface area contributed by atoms with Gasteiger partial charge in [-0.2, -0.15) is 0 Å². The van der Waals surface area contributed by atoms with E-state index in [4.69, 9.17) is 11.6 Å². The molecule has 1 saturated carbocycles. The summed E-state index contributed by atoms with van der Waals surface area (Å²) >= 11 is 6.13. The molecule has 1 aromatic carbocycles. The molecule has 3 heteroatoms. The summed E-state index contributed by atoms with van der Waals surface area (Å²) in [5.74, 6) is 0. The predicted molar refractivity (Wildman–Crippen MR) is 88.7 cm³/mol. The topological polar surface area (TPSA) is 15.3 Å². The fourth-order valence-corrected chi connectivity index (χ4v) is 3.39. The Labute approximate surface area is 128 Å². The van der Waals surface area contributed by atoms with Crippen molar-refractivity contribution in [2.75, 3.05) is 19.0 Å². The van der Waals surface area contributed by atoms with Crippen molar-refractivity contribution in [1.29, 1.82) is 0 Å². The van der Waals surface area contributed by atoms with Crippen LogP contribution >= 0.6 is 11.6 Å². The van der Waals surface area contributed by atoms with Crippen LogP contribution in [0.1, 0.15) is 45.1 Å². The van der Waals surface area contributed by atoms with Crippen LogP contribution in [0.3, 0.4) is 0 Å². The number of nitrogens with one attached hydrogen (secondary N) is 1. The van der Waals surface area contributed by atoms with Gasteiger partial charge in [0.05, 0.1) is 0 Å². The molecule has 0 saturated heterocycles. The zero-order valence-corrected chi connectivity index (χ0v) is 13.9. The van der Waals surface area contributed by atoms with Gasteiger partial charge in [-0.1, -0.05) is 25.4 Å². The third kappa shape index (κ3) is 3.67. The van der Waals surface area contributed by atoms with Crippen molar-refractivity contribution in [3.8, 4) is 0 Å². The molecular formula is C17H27ClN2. The summed E-state index contributed by atoms with van der Waals surface area (Å²) in [7, 11) is 4.21. The highest BCUT2D eigenvalue weighted by Crippen LogP contribution is 2.38. The molecule has 0 amide bonds. The van der Waals surface area contributed by atoms with Crippen molar-refractivity contribution < 1.29 is 0 Å². The highest BCUT2D eigenvalue weighted by atomic mass is 35.5. The standard InChI is InChI=1S/C17H27ClN2/c1-17(2)9-7-15(8-10-17)20(4)16-6-5-14(18)11-13(16)12-19-3/h5-6,11,15,19H,7-10,12H2,1-4H3. The molecule has 1 aliphatic rings. The lowest BCUT2D eigenvalue weighted by atomic mass is 9.75. The summed E-state index contributed by atoms with van der Waals surface area (Å²) in [4.78, 5) is 2.46. The van der Waals surface area contributed by atoms with Gasteiger partial charge in [-0.15, -0.1) is 0 Å². The van der Waals surface area contributed by atoms with Crippen molar-refractivity contribution in [3.05, 3.63) is 28.8 Å². The molecule has 2 nitrogen and oxygen atoms in total. The molecule has 0 aliphatic heterocycles. The summed E-state index contributed by atoms with van der Waals surface area (Å²) in [6.07, 6.45) is 5.20. The first-order valence-electron chi connectivity index (χ1n) is 7.59. The second kappa shape index (κ2) is 6.36. The summed E-state index contributed by atoms with van der Waals surface area (Å²) in [6.45, 7) is 5.63. The Hall–Kier alpha value is -0.730. The lowest BCUT2D eigenvalue weighted by Crippen LogP contribution is -2.37. The van der Waals surface area contributed by atoms with E-state index in [1.54, 1.807) is 0 Å². The van der Waals surface area contributed by atoms with Crippen LogP contribution in [-0.2, 0) is 6.54 Å². The smallest absolute Gasteiger partial charge is 0.0412 e. The highest BCUT2D eigenvalue weighted by molar-refractivity contribution is 6.30. The SMILES string of the molecule is CNCc1cc(Cl)ccc1N(C)C1CCC(C)(C)CC1. The van der Waals surface area contributed by atoms with Crippen LogP contribution in [-0.4, -0.2) is 20.1 Å². The van der Waals surface area contributed by atoms with Crippen molar-refractivity contribution in [2.45, 2.75) is 52.1 Å². The largest absolute Gasteiger partial charge is 0.371 e. The van der Waals surface area contributed by atoms with E-state index in [2.05, 4.69) is 43.2 Å². The number of hydrogen-bond donors (Lipinski definition) is 1. The zero-order chi connectivity index (χ0) is 14.8. The minimum absolute atomic E-state index is 0.519. The molecule has 0 radical (unpaired) electrons. The summed E-state index contributed by atoms with van der Waals surface area (Å²) in [5.41, 5.74) is 3.12. The molecule has 1 fully saturated rings. The molecule has 0 heterocycles. The summed E-state index contributed by atoms with van der Waals surface area (Å²) in [6, 6.07) is 6.89. The molecule has 1 aromatic rings. The molecule has 1 N–H and O–H groups in total. The molecule has 112 valence electrons. The predicted octanol–water partition coefficient (Wildman–Crippen LogP) is 4.46. The third-order valence-electron chi connectivity index (χ3n) is 4.65. The van der Waals surface area contributed by atoms with Crippen LogP contribution in [0.15, 0.2) is 18.2 Å². The normalized spacial score (nSPS) is 19.1. The van der Waals surface area contributed by atoms with Crippen LogP contribution in [0.5, 0.6) is 0 Å². The number of rotatable bonds is 4. The van der Waals surface area contributed by atoms with Gasteiger partial charge in [-0.05, 0) is 61.9 Å². The lowest BCUT2D eigenvalue weighted by Gasteiger charge is -2.40. The van der Waals surface area contributed by atoms with Gasteiger partial charge in [0.25, 0.3) is 0 Å². The number of anilines is 1. The van der Waals surface area contributed by atoms with Crippen molar-refractivity contribution in [2.24, 2.45) is 5.41 Å². The first-order valence-corrected chi connectivity index (χ1v) is 7.96. The lowest BCUT2D eigenvalue weighted by molar-refractivity contribution is 0.222. The number of nitrogens with zero attached hydrogens (tertiary/aromatic N) is 1. The maximum Gasteiger partial charge on any atom is 0.0412 e. The molecule has 20 heavy (non-hydrogen) atoms. The maximum absolute atomic E-state index is 6.13. The molecule has 0 atom stereocenters. The fraction of sp³-hybridized carbons (Fsp3) is 0.647. The van der Waals surface area contributed by atoms with Gasteiger partial charge in [-0.25, -0.2) is 0 Å². The molecule has 1 aliphatic carbocycles. The minimum Gasteiger partial charge on any atom is -0.371 e. The molecule has 0 unspecified atom stereocenters. The molecule has 0 spiro atoms. The second-order valence-corrected chi connectivity index (χ2v) is 7.25. The first kappa shape index (κ1) is 15.7. The van der Waals surface area contributed by atoms with Gasteiger partial charge in [0.2, 0.25) is 0 Å². The Morgan fingerprint density at radius 2 is 1.95 bits per heavy atom. The Morgan fingerprint density at radius 3 is 2.55 bits per heavy atom. The molecule has 0 aromatic heterocycles.